The molecular formula is C33H31ClFN3O4S2. The van der Waals surface area contributed by atoms with Gasteiger partial charge < -0.3 is 14.5 Å². The summed E-state index contributed by atoms with van der Waals surface area (Å²) in [6, 6.07) is 22.9. The number of amides is 1. The third-order valence-electron chi connectivity index (χ3n) is 8.95. The number of halogens is 2. The van der Waals surface area contributed by atoms with E-state index in [1.165, 1.54) is 17.4 Å². The molecule has 7 rings (SSSR count). The van der Waals surface area contributed by atoms with Gasteiger partial charge in [0.15, 0.2) is 0 Å². The van der Waals surface area contributed by atoms with E-state index in [0.717, 1.165) is 11.1 Å². The summed E-state index contributed by atoms with van der Waals surface area (Å²) >= 11 is 7.38. The molecule has 0 spiro atoms. The van der Waals surface area contributed by atoms with Crippen LogP contribution in [-0.2, 0) is 14.8 Å². The Morgan fingerprint density at radius 2 is 1.70 bits per heavy atom. The first kappa shape index (κ1) is 29.4. The number of benzene rings is 3. The van der Waals surface area contributed by atoms with Crippen molar-refractivity contribution in [3.05, 3.63) is 100.0 Å². The van der Waals surface area contributed by atoms with E-state index in [0.29, 0.717) is 67.2 Å². The van der Waals surface area contributed by atoms with Crippen molar-refractivity contribution in [2.24, 2.45) is 17.8 Å². The zero-order valence-corrected chi connectivity index (χ0v) is 26.2. The lowest BCUT2D eigenvalue weighted by molar-refractivity contribution is 0.0988. The van der Waals surface area contributed by atoms with E-state index < -0.39 is 10.0 Å². The lowest BCUT2D eigenvalue weighted by Crippen LogP contribution is -2.37. The van der Waals surface area contributed by atoms with Gasteiger partial charge in [-0.1, -0.05) is 41.9 Å². The zero-order valence-electron chi connectivity index (χ0n) is 23.8. The highest BCUT2D eigenvalue weighted by molar-refractivity contribution is 7.89. The van der Waals surface area contributed by atoms with Gasteiger partial charge in [0, 0.05) is 43.4 Å². The second-order valence-electron chi connectivity index (χ2n) is 11.5. The average Bonchev–Trinajstić information content (AvgIpc) is 3.42. The molecule has 1 aliphatic carbocycles. The zero-order chi connectivity index (χ0) is 30.4. The fraction of sp³-hybridized carbons (Fsp3) is 0.303. The monoisotopic (exact) mass is 651 g/mol. The van der Waals surface area contributed by atoms with Crippen molar-refractivity contribution in [3.63, 3.8) is 0 Å². The maximum atomic E-state index is 15.4. The van der Waals surface area contributed by atoms with Crippen molar-refractivity contribution in [3.8, 4) is 11.1 Å². The lowest BCUT2D eigenvalue weighted by Gasteiger charge is -2.30. The molecule has 3 aliphatic rings. The molecule has 11 heteroatoms. The molecule has 7 nitrogen and oxygen atoms in total. The number of anilines is 2. The molecule has 1 amide bonds. The highest BCUT2D eigenvalue weighted by atomic mass is 35.5. The minimum atomic E-state index is -3.69. The number of carbonyl (C=O) groups excluding carboxylic acids is 1. The Morgan fingerprint density at radius 1 is 0.955 bits per heavy atom. The Hall–Kier alpha value is -3.28. The van der Waals surface area contributed by atoms with E-state index in [4.69, 9.17) is 16.3 Å². The Balaban J connectivity index is 1.07. The van der Waals surface area contributed by atoms with Crippen LogP contribution in [0, 0.1) is 23.6 Å². The highest BCUT2D eigenvalue weighted by Crippen LogP contribution is 2.53. The molecule has 2 atom stereocenters. The number of sulfonamides is 1. The summed E-state index contributed by atoms with van der Waals surface area (Å²) in [5.41, 5.74) is 2.71. The molecular weight excluding hydrogens is 621 g/mol. The average molecular weight is 652 g/mol. The number of rotatable bonds is 8. The van der Waals surface area contributed by atoms with Crippen LogP contribution in [0.3, 0.4) is 0 Å². The first-order valence-electron chi connectivity index (χ1n) is 14.6. The van der Waals surface area contributed by atoms with Crippen molar-refractivity contribution >= 4 is 50.2 Å². The van der Waals surface area contributed by atoms with E-state index in [9.17, 15) is 13.2 Å². The molecule has 2 saturated heterocycles. The van der Waals surface area contributed by atoms with Crippen molar-refractivity contribution in [1.29, 1.82) is 0 Å². The fourth-order valence-electron chi connectivity index (χ4n) is 6.48. The predicted octanol–water partition coefficient (Wildman–Crippen LogP) is 6.26. The third-order valence-corrected chi connectivity index (χ3v) is 11.9. The first-order valence-corrected chi connectivity index (χ1v) is 17.3. The summed E-state index contributed by atoms with van der Waals surface area (Å²) in [6.45, 7) is 3.53. The Morgan fingerprint density at radius 3 is 2.39 bits per heavy atom. The molecule has 3 heterocycles. The summed E-state index contributed by atoms with van der Waals surface area (Å²) in [7, 11) is -3.69. The molecule has 228 valence electrons. The van der Waals surface area contributed by atoms with E-state index in [1.807, 2.05) is 40.6 Å². The van der Waals surface area contributed by atoms with E-state index >= 15 is 4.39 Å². The van der Waals surface area contributed by atoms with Crippen molar-refractivity contribution in [2.45, 2.75) is 4.90 Å². The first-order chi connectivity index (χ1) is 21.3. The largest absolute Gasteiger partial charge is 0.378 e. The maximum absolute atomic E-state index is 15.4. The lowest BCUT2D eigenvalue weighted by atomic mass is 10.1. The number of hydrogen-bond acceptors (Lipinski definition) is 6. The third kappa shape index (κ3) is 5.65. The number of nitrogens with zero attached hydrogens (tertiary/aromatic N) is 3. The van der Waals surface area contributed by atoms with Gasteiger partial charge in [-0.2, -0.15) is 4.31 Å². The molecule has 2 aliphatic heterocycles. The van der Waals surface area contributed by atoms with Crippen LogP contribution < -0.4 is 9.80 Å². The number of thiophene rings is 1. The van der Waals surface area contributed by atoms with Gasteiger partial charge in [-0.15, -0.1) is 11.3 Å². The summed E-state index contributed by atoms with van der Waals surface area (Å²) in [6.07, 6.45) is 0. The van der Waals surface area contributed by atoms with Gasteiger partial charge in [-0.3, -0.25) is 4.79 Å². The van der Waals surface area contributed by atoms with Gasteiger partial charge in [0.05, 0.1) is 28.7 Å². The number of hydrogen-bond donors (Lipinski definition) is 0. The van der Waals surface area contributed by atoms with Crippen LogP contribution >= 0.6 is 22.9 Å². The molecule has 3 fully saturated rings. The van der Waals surface area contributed by atoms with Crippen LogP contribution in [0.25, 0.3) is 11.1 Å². The van der Waals surface area contributed by atoms with Crippen LogP contribution in [0.4, 0.5) is 15.8 Å². The summed E-state index contributed by atoms with van der Waals surface area (Å²) in [5, 5.41) is 2.47. The Bertz CT molecular complexity index is 1770. The summed E-state index contributed by atoms with van der Waals surface area (Å²) in [4.78, 5) is 18.1. The second kappa shape index (κ2) is 11.9. The molecule has 0 bridgehead atoms. The highest BCUT2D eigenvalue weighted by Gasteiger charge is 2.58. The summed E-state index contributed by atoms with van der Waals surface area (Å²) in [5.74, 6) is -0.136. The second-order valence-corrected chi connectivity index (χ2v) is 14.8. The normalized spacial score (nSPS) is 21.7. The van der Waals surface area contributed by atoms with Crippen LogP contribution in [0.1, 0.15) is 9.67 Å². The molecule has 3 aromatic carbocycles. The topological polar surface area (TPSA) is 70.2 Å². The molecule has 1 aromatic heterocycles. The van der Waals surface area contributed by atoms with Crippen molar-refractivity contribution in [2.75, 3.05) is 55.7 Å². The molecule has 0 radical (unpaired) electrons. The van der Waals surface area contributed by atoms with Crippen LogP contribution in [0.5, 0.6) is 0 Å². The Labute approximate surface area is 265 Å². The smallest absolute Gasteiger partial charge is 0.268 e. The maximum Gasteiger partial charge on any atom is 0.268 e. The molecule has 1 saturated carbocycles. The number of ether oxygens (including phenoxy) is 1. The molecule has 44 heavy (non-hydrogen) atoms. The molecule has 4 aromatic rings. The number of piperidine rings is 1. The number of carbonyl (C=O) groups is 1. The molecule has 0 N–H and O–H groups in total. The quantitative estimate of drug-likeness (QED) is 0.225. The SMILES string of the molecule is O=C(c1cccs1)N(CC1C2CN(S(=O)(=O)c3cccc(-c4ccc(Cl)cc4)c3)CC12)c1ccc(N2CCOCC2)c(F)c1. The number of morpholine rings is 1. The van der Waals surface area contributed by atoms with Crippen LogP contribution in [0.2, 0.25) is 5.02 Å². The van der Waals surface area contributed by atoms with E-state index in [1.54, 1.807) is 51.7 Å². The minimum Gasteiger partial charge on any atom is -0.378 e. The van der Waals surface area contributed by atoms with Crippen LogP contribution in [-0.4, -0.2) is 64.6 Å². The Kier molecular flexibility index (Phi) is 7.96. The minimum absolute atomic E-state index is 0.132. The van der Waals surface area contributed by atoms with E-state index in [2.05, 4.69) is 0 Å². The predicted molar refractivity (Wildman–Crippen MR) is 172 cm³/mol. The van der Waals surface area contributed by atoms with Crippen molar-refractivity contribution in [1.82, 2.24) is 4.31 Å². The van der Waals surface area contributed by atoms with Gasteiger partial charge in [0.2, 0.25) is 10.0 Å². The number of fused-ring (bicyclic) bond motifs is 1. The van der Waals surface area contributed by atoms with Gasteiger partial charge in [-0.05, 0) is 82.8 Å². The molecule has 2 unspecified atom stereocenters. The van der Waals surface area contributed by atoms with Gasteiger partial charge in [0.25, 0.3) is 5.91 Å². The van der Waals surface area contributed by atoms with Gasteiger partial charge in [0.1, 0.15) is 5.82 Å². The van der Waals surface area contributed by atoms with Gasteiger partial charge in [-0.25, -0.2) is 12.8 Å². The van der Waals surface area contributed by atoms with Gasteiger partial charge >= 0.3 is 0 Å². The summed E-state index contributed by atoms with van der Waals surface area (Å²) < 4.78 is 49.6. The standard InChI is InChI=1S/C33H31ClFN3O4S2/c34-24-8-6-22(7-9-24)23-3-1-4-26(17-23)44(40,41)37-19-27-28(20-37)29(27)21-38(33(39)32-5-2-16-43-32)25-10-11-31(30(35)18-25)36-12-14-42-15-13-36/h1-11,16-18,27-29H,12-15,19-21H2. The van der Waals surface area contributed by atoms with Crippen molar-refractivity contribution < 1.29 is 22.3 Å². The van der Waals surface area contributed by atoms with Crippen LogP contribution in [0.15, 0.2) is 89.1 Å². The van der Waals surface area contributed by atoms with E-state index in [-0.39, 0.29) is 34.4 Å². The fourth-order valence-corrected chi connectivity index (χ4v) is 8.84.